The van der Waals surface area contributed by atoms with Crippen LogP contribution in [0.15, 0.2) is 18.2 Å². The van der Waals surface area contributed by atoms with E-state index in [1.54, 1.807) is 7.11 Å². The average molecular weight is 291 g/mol. The molecule has 1 aromatic carbocycles. The van der Waals surface area contributed by atoms with Crippen LogP contribution in [0.4, 0.5) is 0 Å². The zero-order chi connectivity index (χ0) is 15.2. The highest BCUT2D eigenvalue weighted by Gasteiger charge is 2.24. The number of hydrogen-bond donors (Lipinski definition) is 1. The van der Waals surface area contributed by atoms with Crippen molar-refractivity contribution in [3.05, 3.63) is 29.3 Å². The third kappa shape index (κ3) is 4.45. The maximum Gasteiger partial charge on any atom is 0.123 e. The number of nitrogens with zero attached hydrogens (tertiary/aromatic N) is 1. The van der Waals surface area contributed by atoms with Crippen molar-refractivity contribution < 1.29 is 9.84 Å². The van der Waals surface area contributed by atoms with Gasteiger partial charge in [-0.05, 0) is 36.5 Å². The quantitative estimate of drug-likeness (QED) is 0.833. The minimum atomic E-state index is 0.0879. The van der Waals surface area contributed by atoms with Gasteiger partial charge < -0.3 is 9.84 Å². The van der Waals surface area contributed by atoms with Crippen LogP contribution in [0, 0.1) is 5.92 Å². The zero-order valence-electron chi connectivity index (χ0n) is 13.6. The summed E-state index contributed by atoms with van der Waals surface area (Å²) in [6.45, 7) is 6.69. The van der Waals surface area contributed by atoms with Gasteiger partial charge in [-0.25, -0.2) is 0 Å². The van der Waals surface area contributed by atoms with Gasteiger partial charge >= 0.3 is 0 Å². The number of aliphatic hydroxyl groups excluding tert-OH is 1. The largest absolute Gasteiger partial charge is 0.496 e. The molecule has 1 aliphatic rings. The Bertz CT molecular complexity index is 439. The van der Waals surface area contributed by atoms with E-state index >= 15 is 0 Å². The van der Waals surface area contributed by atoms with Crippen LogP contribution in [-0.2, 0) is 13.2 Å². The summed E-state index contributed by atoms with van der Waals surface area (Å²) in [4.78, 5) is 2.61. The molecule has 0 amide bonds. The van der Waals surface area contributed by atoms with Crippen LogP contribution in [0.3, 0.4) is 0 Å². The number of rotatable bonds is 7. The van der Waals surface area contributed by atoms with Crippen molar-refractivity contribution in [3.8, 4) is 5.75 Å². The Hall–Kier alpha value is -1.06. The average Bonchev–Trinajstić information content (AvgIpc) is 3.00. The smallest absolute Gasteiger partial charge is 0.123 e. The highest BCUT2D eigenvalue weighted by atomic mass is 16.5. The van der Waals surface area contributed by atoms with Gasteiger partial charge in [-0.1, -0.05) is 32.8 Å². The molecule has 3 nitrogen and oxygen atoms in total. The van der Waals surface area contributed by atoms with E-state index in [4.69, 9.17) is 4.74 Å². The molecule has 1 fully saturated rings. The second kappa shape index (κ2) is 7.81. The van der Waals surface area contributed by atoms with Crippen LogP contribution in [0.25, 0.3) is 0 Å². The SMILES string of the molecule is COc1ccc(CO)cc1CN(CC(C)C)C1CCCC1. The fraction of sp³-hybridized carbons (Fsp3) is 0.667. The van der Waals surface area contributed by atoms with Crippen LogP contribution in [-0.4, -0.2) is 29.7 Å². The number of methoxy groups -OCH3 is 1. The molecule has 3 heteroatoms. The molecule has 0 saturated heterocycles. The second-order valence-electron chi connectivity index (χ2n) is 6.57. The van der Waals surface area contributed by atoms with Crippen molar-refractivity contribution >= 4 is 0 Å². The van der Waals surface area contributed by atoms with Crippen LogP contribution >= 0.6 is 0 Å². The molecule has 0 heterocycles. The summed E-state index contributed by atoms with van der Waals surface area (Å²) in [5.74, 6) is 1.59. The lowest BCUT2D eigenvalue weighted by Gasteiger charge is -2.31. The molecule has 0 bridgehead atoms. The fourth-order valence-corrected chi connectivity index (χ4v) is 3.35. The minimum absolute atomic E-state index is 0.0879. The molecule has 1 N–H and O–H groups in total. The molecule has 0 radical (unpaired) electrons. The third-order valence-electron chi connectivity index (χ3n) is 4.34. The van der Waals surface area contributed by atoms with Crippen molar-refractivity contribution in [2.75, 3.05) is 13.7 Å². The molecular formula is C18H29NO2. The van der Waals surface area contributed by atoms with Gasteiger partial charge in [0, 0.05) is 24.7 Å². The van der Waals surface area contributed by atoms with Gasteiger partial charge in [0.2, 0.25) is 0 Å². The molecule has 0 aromatic heterocycles. The standard InChI is InChI=1S/C18H29NO2/c1-14(2)11-19(17-6-4-5-7-17)12-16-10-15(13-20)8-9-18(16)21-3/h8-10,14,17,20H,4-7,11-13H2,1-3H3. The van der Waals surface area contributed by atoms with Crippen LogP contribution < -0.4 is 4.74 Å². The Labute approximate surface area is 128 Å². The van der Waals surface area contributed by atoms with E-state index in [0.29, 0.717) is 12.0 Å². The van der Waals surface area contributed by atoms with Gasteiger partial charge in [0.1, 0.15) is 5.75 Å². The summed E-state index contributed by atoms with van der Waals surface area (Å²) in [7, 11) is 1.72. The molecular weight excluding hydrogens is 262 g/mol. The van der Waals surface area contributed by atoms with E-state index in [-0.39, 0.29) is 6.61 Å². The first kappa shape index (κ1) is 16.3. The molecule has 21 heavy (non-hydrogen) atoms. The summed E-state index contributed by atoms with van der Waals surface area (Å²) in [5, 5.41) is 9.36. The maximum absolute atomic E-state index is 9.36. The summed E-state index contributed by atoms with van der Waals surface area (Å²) >= 11 is 0. The lowest BCUT2D eigenvalue weighted by molar-refractivity contribution is 0.166. The zero-order valence-corrected chi connectivity index (χ0v) is 13.6. The van der Waals surface area contributed by atoms with E-state index in [0.717, 1.165) is 24.4 Å². The summed E-state index contributed by atoms with van der Waals surface area (Å²) in [6.07, 6.45) is 5.34. The van der Waals surface area contributed by atoms with Crippen LogP contribution in [0.5, 0.6) is 5.75 Å². The van der Waals surface area contributed by atoms with Crippen molar-refractivity contribution in [2.45, 2.75) is 58.7 Å². The lowest BCUT2D eigenvalue weighted by atomic mass is 10.1. The molecule has 0 atom stereocenters. The number of ether oxygens (including phenoxy) is 1. The van der Waals surface area contributed by atoms with Crippen molar-refractivity contribution in [2.24, 2.45) is 5.92 Å². The third-order valence-corrected chi connectivity index (χ3v) is 4.34. The molecule has 1 aromatic rings. The van der Waals surface area contributed by atoms with Gasteiger partial charge in [-0.2, -0.15) is 0 Å². The normalized spacial score (nSPS) is 16.1. The minimum Gasteiger partial charge on any atom is -0.496 e. The number of hydrogen-bond acceptors (Lipinski definition) is 3. The van der Waals surface area contributed by atoms with Crippen molar-refractivity contribution in [1.82, 2.24) is 4.90 Å². The molecule has 0 spiro atoms. The number of aliphatic hydroxyl groups is 1. The van der Waals surface area contributed by atoms with E-state index in [2.05, 4.69) is 24.8 Å². The monoisotopic (exact) mass is 291 g/mol. The highest BCUT2D eigenvalue weighted by molar-refractivity contribution is 5.37. The maximum atomic E-state index is 9.36. The Morgan fingerprint density at radius 1 is 1.29 bits per heavy atom. The molecule has 1 aliphatic carbocycles. The Morgan fingerprint density at radius 3 is 2.57 bits per heavy atom. The van der Waals surface area contributed by atoms with Crippen LogP contribution in [0.1, 0.15) is 50.7 Å². The second-order valence-corrected chi connectivity index (χ2v) is 6.57. The van der Waals surface area contributed by atoms with E-state index in [1.807, 2.05) is 12.1 Å². The van der Waals surface area contributed by atoms with E-state index < -0.39 is 0 Å². The summed E-state index contributed by atoms with van der Waals surface area (Å²) in [5.41, 5.74) is 2.15. The fourth-order valence-electron chi connectivity index (χ4n) is 3.35. The van der Waals surface area contributed by atoms with Gasteiger partial charge in [-0.3, -0.25) is 4.90 Å². The van der Waals surface area contributed by atoms with E-state index in [1.165, 1.54) is 31.2 Å². The molecule has 0 unspecified atom stereocenters. The van der Waals surface area contributed by atoms with Gasteiger partial charge in [0.05, 0.1) is 13.7 Å². The van der Waals surface area contributed by atoms with Gasteiger partial charge in [0.25, 0.3) is 0 Å². The molecule has 0 aliphatic heterocycles. The Balaban J connectivity index is 2.17. The predicted molar refractivity (Wildman–Crippen MR) is 86.4 cm³/mol. The number of benzene rings is 1. The predicted octanol–water partition coefficient (Wildman–Crippen LogP) is 3.59. The Kier molecular flexibility index (Phi) is 6.07. The lowest BCUT2D eigenvalue weighted by Crippen LogP contribution is -2.35. The van der Waals surface area contributed by atoms with Gasteiger partial charge in [-0.15, -0.1) is 0 Å². The summed E-state index contributed by atoms with van der Waals surface area (Å²) in [6, 6.07) is 6.70. The Morgan fingerprint density at radius 2 is 2.00 bits per heavy atom. The first-order valence-electron chi connectivity index (χ1n) is 8.14. The van der Waals surface area contributed by atoms with Gasteiger partial charge in [0.15, 0.2) is 0 Å². The molecule has 2 rings (SSSR count). The van der Waals surface area contributed by atoms with Crippen LogP contribution in [0.2, 0.25) is 0 Å². The summed E-state index contributed by atoms with van der Waals surface area (Å²) < 4.78 is 5.51. The highest BCUT2D eigenvalue weighted by Crippen LogP contribution is 2.28. The molecule has 1 saturated carbocycles. The first-order chi connectivity index (χ1) is 10.1. The first-order valence-corrected chi connectivity index (χ1v) is 8.14. The molecule has 118 valence electrons. The van der Waals surface area contributed by atoms with Crippen molar-refractivity contribution in [1.29, 1.82) is 0 Å². The van der Waals surface area contributed by atoms with Crippen molar-refractivity contribution in [3.63, 3.8) is 0 Å². The topological polar surface area (TPSA) is 32.7 Å². The van der Waals surface area contributed by atoms with E-state index in [9.17, 15) is 5.11 Å².